The van der Waals surface area contributed by atoms with Crippen LogP contribution in [-0.4, -0.2) is 22.3 Å². The minimum absolute atomic E-state index is 0.105. The monoisotopic (exact) mass is 459 g/mol. The summed E-state index contributed by atoms with van der Waals surface area (Å²) in [4.78, 5) is 25.2. The van der Waals surface area contributed by atoms with Crippen molar-refractivity contribution in [3.8, 4) is 0 Å². The van der Waals surface area contributed by atoms with Crippen molar-refractivity contribution in [1.29, 1.82) is 0 Å². The van der Waals surface area contributed by atoms with Crippen LogP contribution in [-0.2, 0) is 9.59 Å². The molecule has 0 saturated carbocycles. The quantitative estimate of drug-likeness (QED) is 0.660. The Morgan fingerprint density at radius 2 is 1.83 bits per heavy atom. The van der Waals surface area contributed by atoms with Crippen molar-refractivity contribution in [2.45, 2.75) is 38.7 Å². The van der Waals surface area contributed by atoms with Gasteiger partial charge in [0.05, 0.1) is 11.5 Å². The molecule has 1 aliphatic carbocycles. The zero-order valence-electron chi connectivity index (χ0n) is 16.5. The molecule has 0 aromatic heterocycles. The molecule has 0 unspecified atom stereocenters. The highest BCUT2D eigenvalue weighted by Crippen LogP contribution is 2.47. The largest absolute Gasteiger partial charge is 0.389 e. The average Bonchev–Trinajstić information content (AvgIpc) is 2.61. The third-order valence-electron chi connectivity index (χ3n) is 5.34. The lowest BCUT2D eigenvalue weighted by Gasteiger charge is -2.43. The van der Waals surface area contributed by atoms with E-state index in [0.29, 0.717) is 16.8 Å². The van der Waals surface area contributed by atoms with E-state index in [1.807, 2.05) is 24.3 Å². The zero-order chi connectivity index (χ0) is 21.3. The highest BCUT2D eigenvalue weighted by Gasteiger charge is 2.49. The van der Waals surface area contributed by atoms with Crippen molar-refractivity contribution < 1.29 is 19.1 Å². The van der Waals surface area contributed by atoms with Crippen molar-refractivity contribution >= 4 is 33.2 Å². The number of hydrogen-bond donors (Lipinski definition) is 2. The normalized spacial score (nSPS) is 24.3. The summed E-state index contributed by atoms with van der Waals surface area (Å²) < 4.78 is 14.9. The molecule has 3 atom stereocenters. The molecule has 2 N–H and O–H groups in total. The van der Waals surface area contributed by atoms with Crippen molar-refractivity contribution in [1.82, 2.24) is 0 Å². The second-order valence-corrected chi connectivity index (χ2v) is 8.65. The number of rotatable bonds is 5. The van der Waals surface area contributed by atoms with Gasteiger partial charge in [0.15, 0.2) is 5.78 Å². The number of aliphatic hydroxyl groups is 1. The van der Waals surface area contributed by atoms with Gasteiger partial charge in [0.1, 0.15) is 11.6 Å². The first-order valence-electron chi connectivity index (χ1n) is 9.35. The van der Waals surface area contributed by atoms with E-state index in [4.69, 9.17) is 0 Å². The molecular weight excluding hydrogens is 437 g/mol. The van der Waals surface area contributed by atoms with Crippen LogP contribution in [0.3, 0.4) is 0 Å². The number of nitrogens with one attached hydrogen (secondary N) is 1. The molecule has 29 heavy (non-hydrogen) atoms. The molecular formula is C23H23BrFNO3. The number of anilines is 1. The highest BCUT2D eigenvalue weighted by atomic mass is 79.9. The van der Waals surface area contributed by atoms with Gasteiger partial charge < -0.3 is 10.4 Å². The summed E-state index contributed by atoms with van der Waals surface area (Å²) in [5.74, 6) is -2.53. The molecule has 152 valence electrons. The van der Waals surface area contributed by atoms with Crippen LogP contribution >= 0.6 is 15.9 Å². The lowest BCUT2D eigenvalue weighted by molar-refractivity contribution is -0.131. The Labute approximate surface area is 178 Å². The smallest absolute Gasteiger partial charge is 0.158 e. The number of benzene rings is 2. The minimum atomic E-state index is -1.40. The summed E-state index contributed by atoms with van der Waals surface area (Å²) in [6.07, 6.45) is 0.105. The molecule has 0 heterocycles. The summed E-state index contributed by atoms with van der Waals surface area (Å²) in [7, 11) is 0. The number of allylic oxidation sites excluding steroid dienone is 1. The van der Waals surface area contributed by atoms with Crippen molar-refractivity contribution in [2.75, 3.05) is 5.32 Å². The predicted octanol–water partition coefficient (Wildman–Crippen LogP) is 4.99. The summed E-state index contributed by atoms with van der Waals surface area (Å²) in [5.41, 5.74) is 0.767. The van der Waals surface area contributed by atoms with E-state index in [2.05, 4.69) is 21.2 Å². The van der Waals surface area contributed by atoms with Gasteiger partial charge in [-0.15, -0.1) is 0 Å². The number of Topliss-reactive ketones (excluding diaryl/α,β-unsaturated/α-hetero) is 2. The Hall–Kier alpha value is -2.31. The fourth-order valence-electron chi connectivity index (χ4n) is 4.26. The van der Waals surface area contributed by atoms with Gasteiger partial charge >= 0.3 is 0 Å². The number of carbonyl (C=O) groups is 2. The minimum Gasteiger partial charge on any atom is -0.389 e. The molecule has 0 radical (unpaired) electrons. The number of carbonyl (C=O) groups excluding carboxylic acids is 2. The maximum Gasteiger partial charge on any atom is 0.158 e. The van der Waals surface area contributed by atoms with Crippen LogP contribution in [0.1, 0.15) is 38.7 Å². The van der Waals surface area contributed by atoms with Gasteiger partial charge in [-0.2, -0.15) is 0 Å². The van der Waals surface area contributed by atoms with Crippen LogP contribution in [0.2, 0.25) is 0 Å². The topological polar surface area (TPSA) is 66.4 Å². The Kier molecular flexibility index (Phi) is 6.05. The van der Waals surface area contributed by atoms with Gasteiger partial charge in [0.25, 0.3) is 0 Å². The zero-order valence-corrected chi connectivity index (χ0v) is 18.1. The molecule has 1 aliphatic rings. The summed E-state index contributed by atoms with van der Waals surface area (Å²) >= 11 is 3.39. The lowest BCUT2D eigenvalue weighted by Crippen LogP contribution is -2.48. The second-order valence-electron chi connectivity index (χ2n) is 7.74. The number of halogens is 2. The van der Waals surface area contributed by atoms with Gasteiger partial charge in [0.2, 0.25) is 0 Å². The van der Waals surface area contributed by atoms with Crippen molar-refractivity contribution in [2.24, 2.45) is 5.92 Å². The van der Waals surface area contributed by atoms with E-state index in [0.717, 1.165) is 10.2 Å². The summed E-state index contributed by atoms with van der Waals surface area (Å²) in [5, 5.41) is 14.4. The fraction of sp³-hybridized carbons (Fsp3) is 0.304. The average molecular weight is 460 g/mol. The first-order valence-corrected chi connectivity index (χ1v) is 10.1. The van der Waals surface area contributed by atoms with Gasteiger partial charge in [-0.3, -0.25) is 9.59 Å². The third-order valence-corrected chi connectivity index (χ3v) is 5.87. The molecule has 0 saturated heterocycles. The third kappa shape index (κ3) is 4.49. The molecule has 0 aliphatic heterocycles. The molecule has 2 aromatic carbocycles. The van der Waals surface area contributed by atoms with Gasteiger partial charge in [-0.1, -0.05) is 28.1 Å². The van der Waals surface area contributed by atoms with Crippen molar-refractivity contribution in [3.63, 3.8) is 0 Å². The van der Waals surface area contributed by atoms with E-state index >= 15 is 0 Å². The molecule has 3 rings (SSSR count). The Morgan fingerprint density at radius 1 is 1.17 bits per heavy atom. The first-order chi connectivity index (χ1) is 13.6. The number of ketones is 2. The molecule has 2 aromatic rings. The maximum absolute atomic E-state index is 14.0. The Bertz CT molecular complexity index is 982. The molecule has 0 bridgehead atoms. The van der Waals surface area contributed by atoms with Crippen LogP contribution in [0.5, 0.6) is 0 Å². The summed E-state index contributed by atoms with van der Waals surface area (Å²) in [6, 6.07) is 13.3. The number of hydrogen-bond acceptors (Lipinski definition) is 4. The molecule has 4 nitrogen and oxygen atoms in total. The van der Waals surface area contributed by atoms with Gasteiger partial charge in [-0.25, -0.2) is 4.39 Å². The van der Waals surface area contributed by atoms with E-state index in [9.17, 15) is 19.1 Å². The van der Waals surface area contributed by atoms with Gasteiger partial charge in [0, 0.05) is 33.8 Å². The standard InChI is InChI=1S/C23H23BrFNO3/c1-13(27)20-19(26-18-9-7-16(24)8-10-18)12-23(3,29)22(14(2)28)21(20)15-5-4-6-17(25)11-15/h4-11,21-22,26,29H,12H2,1-3H3/t21-,22+,23-/m1/s1. The predicted molar refractivity (Wildman–Crippen MR) is 114 cm³/mol. The van der Waals surface area contributed by atoms with E-state index in [1.165, 1.54) is 26.0 Å². The lowest BCUT2D eigenvalue weighted by atomic mass is 9.64. The molecule has 0 amide bonds. The first kappa shape index (κ1) is 21.4. The van der Waals surface area contributed by atoms with Gasteiger partial charge in [-0.05, 0) is 62.7 Å². The van der Waals surface area contributed by atoms with Crippen LogP contribution in [0.4, 0.5) is 10.1 Å². The second kappa shape index (κ2) is 8.20. The van der Waals surface area contributed by atoms with E-state index in [-0.39, 0.29) is 18.0 Å². The van der Waals surface area contributed by atoms with Crippen LogP contribution in [0.15, 0.2) is 64.3 Å². The highest BCUT2D eigenvalue weighted by molar-refractivity contribution is 9.10. The SMILES string of the molecule is CC(=O)C1=C(Nc2ccc(Br)cc2)C[C@@](C)(O)[C@@H](C(C)=O)[C@@H]1c1cccc(F)c1. The summed E-state index contributed by atoms with van der Waals surface area (Å²) in [6.45, 7) is 4.42. The molecule has 6 heteroatoms. The Morgan fingerprint density at radius 3 is 2.38 bits per heavy atom. The maximum atomic E-state index is 14.0. The fourth-order valence-corrected chi connectivity index (χ4v) is 4.52. The van der Waals surface area contributed by atoms with Crippen LogP contribution in [0, 0.1) is 11.7 Å². The van der Waals surface area contributed by atoms with E-state index in [1.54, 1.807) is 19.1 Å². The van der Waals surface area contributed by atoms with Crippen LogP contribution < -0.4 is 5.32 Å². The molecule has 0 spiro atoms. The van der Waals surface area contributed by atoms with E-state index < -0.39 is 23.3 Å². The Balaban J connectivity index is 2.21. The van der Waals surface area contributed by atoms with Crippen molar-refractivity contribution in [3.05, 3.63) is 75.7 Å². The van der Waals surface area contributed by atoms with Crippen LogP contribution in [0.25, 0.3) is 0 Å². The molecule has 0 fully saturated rings.